The number of anilines is 1. The molecule has 0 radical (unpaired) electrons. The van der Waals surface area contributed by atoms with Gasteiger partial charge in [0.15, 0.2) is 0 Å². The van der Waals surface area contributed by atoms with Crippen molar-refractivity contribution in [3.63, 3.8) is 0 Å². The Morgan fingerprint density at radius 3 is 2.93 bits per heavy atom. The molecule has 14 heavy (non-hydrogen) atoms. The van der Waals surface area contributed by atoms with Gasteiger partial charge in [-0.25, -0.2) is 9.97 Å². The van der Waals surface area contributed by atoms with Gasteiger partial charge < -0.3 is 10.4 Å². The summed E-state index contributed by atoms with van der Waals surface area (Å²) < 4.78 is 0. The Hall–Kier alpha value is -1.16. The van der Waals surface area contributed by atoms with Crippen LogP contribution in [0.25, 0.3) is 0 Å². The average molecular weight is 193 g/mol. The van der Waals surface area contributed by atoms with Gasteiger partial charge >= 0.3 is 0 Å². The molecule has 1 aromatic heterocycles. The Bertz CT molecular complexity index is 323. The first-order chi connectivity index (χ1) is 6.68. The van der Waals surface area contributed by atoms with Crippen LogP contribution in [0, 0.1) is 6.92 Å². The maximum absolute atomic E-state index is 9.83. The SMILES string of the molecule is Cc1nccc(NCC2(O)CCC2)n1. The van der Waals surface area contributed by atoms with Gasteiger partial charge in [0.2, 0.25) is 0 Å². The number of nitrogens with one attached hydrogen (secondary N) is 1. The van der Waals surface area contributed by atoms with Gasteiger partial charge in [0.25, 0.3) is 0 Å². The van der Waals surface area contributed by atoms with E-state index < -0.39 is 5.60 Å². The summed E-state index contributed by atoms with van der Waals surface area (Å²) in [6, 6.07) is 1.81. The number of hydrogen-bond donors (Lipinski definition) is 2. The molecule has 4 heteroatoms. The number of nitrogens with zero attached hydrogens (tertiary/aromatic N) is 2. The van der Waals surface area contributed by atoms with Crippen molar-refractivity contribution in [2.24, 2.45) is 0 Å². The van der Waals surface area contributed by atoms with E-state index in [-0.39, 0.29) is 0 Å². The number of aryl methyl sites for hydroxylation is 1. The molecule has 1 heterocycles. The molecule has 0 spiro atoms. The topological polar surface area (TPSA) is 58.0 Å². The molecule has 76 valence electrons. The molecule has 0 unspecified atom stereocenters. The van der Waals surface area contributed by atoms with Crippen molar-refractivity contribution in [2.45, 2.75) is 31.8 Å². The Labute approximate surface area is 83.4 Å². The molecule has 0 saturated heterocycles. The summed E-state index contributed by atoms with van der Waals surface area (Å²) in [5.74, 6) is 1.54. The minimum absolute atomic E-state index is 0.501. The third-order valence-electron chi connectivity index (χ3n) is 2.66. The summed E-state index contributed by atoms with van der Waals surface area (Å²) in [7, 11) is 0. The predicted octanol–water partition coefficient (Wildman–Crippen LogP) is 1.11. The highest BCUT2D eigenvalue weighted by atomic mass is 16.3. The molecule has 0 aromatic carbocycles. The van der Waals surface area contributed by atoms with Crippen molar-refractivity contribution in [3.05, 3.63) is 18.1 Å². The second-order valence-corrected chi connectivity index (χ2v) is 3.92. The maximum atomic E-state index is 9.83. The van der Waals surface area contributed by atoms with Gasteiger partial charge in [-0.3, -0.25) is 0 Å². The standard InChI is InChI=1S/C10H15N3O/c1-8-11-6-3-9(13-8)12-7-10(14)4-2-5-10/h3,6,14H,2,4-5,7H2,1H3,(H,11,12,13). The van der Waals surface area contributed by atoms with E-state index >= 15 is 0 Å². The normalized spacial score (nSPS) is 18.7. The van der Waals surface area contributed by atoms with Crippen molar-refractivity contribution in [3.8, 4) is 0 Å². The average Bonchev–Trinajstić information content (AvgIpc) is 2.12. The van der Waals surface area contributed by atoms with Crippen LogP contribution < -0.4 is 5.32 Å². The van der Waals surface area contributed by atoms with Gasteiger partial charge in [0.05, 0.1) is 5.60 Å². The third-order valence-corrected chi connectivity index (χ3v) is 2.66. The molecular formula is C10H15N3O. The van der Waals surface area contributed by atoms with Crippen molar-refractivity contribution >= 4 is 5.82 Å². The smallest absolute Gasteiger partial charge is 0.129 e. The molecule has 0 aliphatic heterocycles. The molecular weight excluding hydrogens is 178 g/mol. The lowest BCUT2D eigenvalue weighted by molar-refractivity contribution is -0.0202. The first kappa shape index (κ1) is 9.40. The zero-order valence-electron chi connectivity index (χ0n) is 8.32. The molecule has 1 aliphatic carbocycles. The van der Waals surface area contributed by atoms with Gasteiger partial charge in [-0.15, -0.1) is 0 Å². The lowest BCUT2D eigenvalue weighted by Gasteiger charge is -2.36. The number of rotatable bonds is 3. The molecule has 1 saturated carbocycles. The summed E-state index contributed by atoms with van der Waals surface area (Å²) in [4.78, 5) is 8.21. The molecule has 1 fully saturated rings. The minimum Gasteiger partial charge on any atom is -0.388 e. The Balaban J connectivity index is 1.91. The highest BCUT2D eigenvalue weighted by Gasteiger charge is 2.33. The maximum Gasteiger partial charge on any atom is 0.129 e. The van der Waals surface area contributed by atoms with Gasteiger partial charge in [-0.2, -0.15) is 0 Å². The zero-order valence-corrected chi connectivity index (χ0v) is 8.32. The van der Waals surface area contributed by atoms with Crippen LogP contribution in [-0.4, -0.2) is 27.2 Å². The van der Waals surface area contributed by atoms with E-state index in [0.29, 0.717) is 6.54 Å². The molecule has 1 aromatic rings. The number of aliphatic hydroxyl groups is 1. The van der Waals surface area contributed by atoms with E-state index in [1.165, 1.54) is 0 Å². The molecule has 1 aliphatic rings. The first-order valence-electron chi connectivity index (χ1n) is 4.94. The second-order valence-electron chi connectivity index (χ2n) is 3.92. The van der Waals surface area contributed by atoms with Crippen LogP contribution in [0.3, 0.4) is 0 Å². The zero-order chi connectivity index (χ0) is 10.0. The fraction of sp³-hybridized carbons (Fsp3) is 0.600. The molecule has 0 bridgehead atoms. The highest BCUT2D eigenvalue weighted by Crippen LogP contribution is 2.31. The summed E-state index contributed by atoms with van der Waals surface area (Å²) >= 11 is 0. The monoisotopic (exact) mass is 193 g/mol. The van der Waals surface area contributed by atoms with Crippen LogP contribution in [0.1, 0.15) is 25.1 Å². The lowest BCUT2D eigenvalue weighted by Crippen LogP contribution is -2.43. The van der Waals surface area contributed by atoms with Crippen LogP contribution in [0.15, 0.2) is 12.3 Å². The largest absolute Gasteiger partial charge is 0.388 e. The van der Waals surface area contributed by atoms with E-state index in [2.05, 4.69) is 15.3 Å². The van der Waals surface area contributed by atoms with Crippen LogP contribution in [-0.2, 0) is 0 Å². The van der Waals surface area contributed by atoms with Gasteiger partial charge in [-0.1, -0.05) is 0 Å². The first-order valence-corrected chi connectivity index (χ1v) is 4.94. The second kappa shape index (κ2) is 3.53. The van der Waals surface area contributed by atoms with E-state index in [0.717, 1.165) is 30.9 Å². The Kier molecular flexibility index (Phi) is 2.37. The predicted molar refractivity (Wildman–Crippen MR) is 54.1 cm³/mol. The number of hydrogen-bond acceptors (Lipinski definition) is 4. The van der Waals surface area contributed by atoms with E-state index in [1.807, 2.05) is 13.0 Å². The summed E-state index contributed by atoms with van der Waals surface area (Å²) in [6.07, 6.45) is 4.63. The quantitative estimate of drug-likeness (QED) is 0.755. The molecule has 2 rings (SSSR count). The summed E-state index contributed by atoms with van der Waals surface area (Å²) in [5, 5.41) is 13.0. The van der Waals surface area contributed by atoms with Crippen molar-refractivity contribution in [1.29, 1.82) is 0 Å². The fourth-order valence-electron chi connectivity index (χ4n) is 1.57. The van der Waals surface area contributed by atoms with Crippen molar-refractivity contribution in [2.75, 3.05) is 11.9 Å². The fourth-order valence-corrected chi connectivity index (χ4v) is 1.57. The van der Waals surface area contributed by atoms with Gasteiger partial charge in [0.1, 0.15) is 11.6 Å². The Morgan fingerprint density at radius 2 is 2.36 bits per heavy atom. The molecule has 0 amide bonds. The Morgan fingerprint density at radius 1 is 1.57 bits per heavy atom. The van der Waals surface area contributed by atoms with Gasteiger partial charge in [0, 0.05) is 12.7 Å². The third kappa shape index (κ3) is 2.01. The highest BCUT2D eigenvalue weighted by molar-refractivity contribution is 5.33. The number of aromatic nitrogens is 2. The molecule has 2 N–H and O–H groups in total. The molecule has 0 atom stereocenters. The lowest BCUT2D eigenvalue weighted by atomic mass is 9.80. The van der Waals surface area contributed by atoms with Gasteiger partial charge in [-0.05, 0) is 32.3 Å². The van der Waals surface area contributed by atoms with Crippen molar-refractivity contribution < 1.29 is 5.11 Å². The van der Waals surface area contributed by atoms with Crippen LogP contribution >= 0.6 is 0 Å². The summed E-state index contributed by atoms with van der Waals surface area (Å²) in [6.45, 7) is 2.44. The van der Waals surface area contributed by atoms with Crippen LogP contribution in [0.5, 0.6) is 0 Å². The van der Waals surface area contributed by atoms with Crippen molar-refractivity contribution in [1.82, 2.24) is 9.97 Å². The minimum atomic E-state index is -0.501. The van der Waals surface area contributed by atoms with Crippen LogP contribution in [0.2, 0.25) is 0 Å². The van der Waals surface area contributed by atoms with E-state index in [1.54, 1.807) is 6.20 Å². The summed E-state index contributed by atoms with van der Waals surface area (Å²) in [5.41, 5.74) is -0.501. The van der Waals surface area contributed by atoms with Crippen LogP contribution in [0.4, 0.5) is 5.82 Å². The van der Waals surface area contributed by atoms with E-state index in [9.17, 15) is 5.11 Å². The van der Waals surface area contributed by atoms with E-state index in [4.69, 9.17) is 0 Å². The molecule has 4 nitrogen and oxygen atoms in total.